The molecule has 2 heterocycles. The first-order valence-electron chi connectivity index (χ1n) is 18.7. The first kappa shape index (κ1) is 31.1. The van der Waals surface area contributed by atoms with Crippen LogP contribution in [0.1, 0.15) is 25.0 Å². The number of aromatic nitrogens is 2. The Balaban J connectivity index is 0.00000172. The molecule has 0 aliphatic heterocycles. The van der Waals surface area contributed by atoms with Crippen LogP contribution in [0.4, 0.5) is 0 Å². The number of hydrogen-bond donors (Lipinski definition) is 0. The van der Waals surface area contributed by atoms with Gasteiger partial charge in [-0.15, -0.1) is 0 Å². The van der Waals surface area contributed by atoms with Gasteiger partial charge in [-0.3, -0.25) is 0 Å². The van der Waals surface area contributed by atoms with Gasteiger partial charge in [-0.2, -0.15) is 0 Å². The Morgan fingerprint density at radius 1 is 0.321 bits per heavy atom. The summed E-state index contributed by atoms with van der Waals surface area (Å²) >= 11 is 0. The lowest BCUT2D eigenvalue weighted by Gasteiger charge is -2.11. The highest BCUT2D eigenvalue weighted by molar-refractivity contribution is 6.11. The van der Waals surface area contributed by atoms with E-state index in [0.717, 1.165) is 6.42 Å². The fourth-order valence-electron chi connectivity index (χ4n) is 8.54. The molecule has 1 aliphatic rings. The highest BCUT2D eigenvalue weighted by Gasteiger charge is 2.21. The van der Waals surface area contributed by atoms with Crippen LogP contribution in [0.5, 0.6) is 0 Å². The van der Waals surface area contributed by atoms with Crippen molar-refractivity contribution in [3.8, 4) is 44.8 Å². The summed E-state index contributed by atoms with van der Waals surface area (Å²) in [7, 11) is 0. The van der Waals surface area contributed by atoms with Crippen LogP contribution in [-0.2, 0) is 6.42 Å². The molecule has 53 heavy (non-hydrogen) atoms. The summed E-state index contributed by atoms with van der Waals surface area (Å²) in [6, 6.07) is 66.9. The van der Waals surface area contributed by atoms with Crippen molar-refractivity contribution in [2.24, 2.45) is 0 Å². The van der Waals surface area contributed by atoms with E-state index in [-0.39, 0.29) is 0 Å². The fraction of sp³-hybridized carbons (Fsp3) is 0.0588. The number of hydrogen-bond acceptors (Lipinski definition) is 0. The van der Waals surface area contributed by atoms with Gasteiger partial charge in [-0.25, -0.2) is 0 Å². The first-order valence-corrected chi connectivity index (χ1v) is 18.7. The van der Waals surface area contributed by atoms with Crippen LogP contribution in [0, 0.1) is 0 Å². The van der Waals surface area contributed by atoms with Gasteiger partial charge in [-0.1, -0.05) is 135 Å². The molecule has 0 saturated heterocycles. The summed E-state index contributed by atoms with van der Waals surface area (Å²) in [5, 5.41) is 5.11. The van der Waals surface area contributed by atoms with Crippen molar-refractivity contribution in [2.45, 2.75) is 20.3 Å². The molecule has 2 nitrogen and oxygen atoms in total. The largest absolute Gasteiger partial charge is 0.309 e. The van der Waals surface area contributed by atoms with Gasteiger partial charge in [0.05, 0.1) is 22.1 Å². The molecule has 1 aliphatic carbocycles. The van der Waals surface area contributed by atoms with E-state index < -0.39 is 0 Å². The Hall–Kier alpha value is -6.64. The maximum Gasteiger partial charge on any atom is 0.0547 e. The summed E-state index contributed by atoms with van der Waals surface area (Å²) in [6.07, 6.45) is 0.966. The third-order valence-corrected chi connectivity index (χ3v) is 10.9. The molecule has 0 amide bonds. The van der Waals surface area contributed by atoms with E-state index in [1.54, 1.807) is 0 Å². The summed E-state index contributed by atoms with van der Waals surface area (Å²) in [6.45, 7) is 4.00. The Morgan fingerprint density at radius 3 is 1.13 bits per heavy atom. The predicted octanol–water partition coefficient (Wildman–Crippen LogP) is 13.8. The summed E-state index contributed by atoms with van der Waals surface area (Å²) in [5.74, 6) is 0. The summed E-state index contributed by atoms with van der Waals surface area (Å²) in [4.78, 5) is 0. The van der Waals surface area contributed by atoms with Crippen molar-refractivity contribution in [1.82, 2.24) is 9.13 Å². The highest BCUT2D eigenvalue weighted by atomic mass is 15.0. The number of fused-ring (bicyclic) bond motifs is 9. The Bertz CT molecular complexity index is 2780. The smallest absolute Gasteiger partial charge is 0.0547 e. The first-order chi connectivity index (χ1) is 26.3. The normalized spacial score (nSPS) is 11.9. The van der Waals surface area contributed by atoms with Gasteiger partial charge >= 0.3 is 0 Å². The van der Waals surface area contributed by atoms with E-state index in [1.165, 1.54) is 99.5 Å². The maximum atomic E-state index is 2.41. The van der Waals surface area contributed by atoms with Crippen molar-refractivity contribution < 1.29 is 0 Å². The average Bonchev–Trinajstić information content (AvgIpc) is 3.88. The lowest BCUT2D eigenvalue weighted by atomic mass is 9.95. The molecule has 0 fully saturated rings. The van der Waals surface area contributed by atoms with Crippen molar-refractivity contribution in [2.75, 3.05) is 0 Å². The van der Waals surface area contributed by atoms with E-state index in [9.17, 15) is 0 Å². The van der Waals surface area contributed by atoms with Crippen LogP contribution in [-0.4, -0.2) is 9.13 Å². The SMILES string of the molecule is CC.c1ccc(-n2c3ccccc3c3ccc(-c4ccc5c(c4)-c4cc(-c6ccc7c8ccccc8n(-c8ccccc8)c7c6)ccc4C5)cc32)cc1. The van der Waals surface area contributed by atoms with Crippen molar-refractivity contribution >= 4 is 43.6 Å². The number of para-hydroxylation sites is 4. The van der Waals surface area contributed by atoms with Gasteiger partial charge in [-0.05, 0) is 112 Å². The molecule has 0 radical (unpaired) electrons. The van der Waals surface area contributed by atoms with Crippen molar-refractivity contribution in [3.05, 3.63) is 193 Å². The van der Waals surface area contributed by atoms with Crippen LogP contribution in [0.3, 0.4) is 0 Å². The molecule has 0 bridgehead atoms. The molecule has 11 rings (SSSR count). The second-order valence-corrected chi connectivity index (χ2v) is 13.8. The summed E-state index contributed by atoms with van der Waals surface area (Å²) in [5.41, 5.74) is 17.7. The van der Waals surface area contributed by atoms with E-state index in [2.05, 4.69) is 191 Å². The molecule has 0 N–H and O–H groups in total. The van der Waals surface area contributed by atoms with Crippen LogP contribution in [0.15, 0.2) is 182 Å². The van der Waals surface area contributed by atoms with E-state index in [1.807, 2.05) is 13.8 Å². The molecule has 0 saturated carbocycles. The minimum absolute atomic E-state index is 0.966. The number of nitrogens with zero attached hydrogens (tertiary/aromatic N) is 2. The van der Waals surface area contributed by atoms with Gasteiger partial charge in [0.25, 0.3) is 0 Å². The second-order valence-electron chi connectivity index (χ2n) is 13.8. The van der Waals surface area contributed by atoms with Crippen LogP contribution in [0.2, 0.25) is 0 Å². The second kappa shape index (κ2) is 12.5. The fourth-order valence-corrected chi connectivity index (χ4v) is 8.54. The quantitative estimate of drug-likeness (QED) is 0.175. The molecule has 0 atom stereocenters. The van der Waals surface area contributed by atoms with Crippen molar-refractivity contribution in [3.63, 3.8) is 0 Å². The number of rotatable bonds is 4. The third-order valence-electron chi connectivity index (χ3n) is 10.9. The van der Waals surface area contributed by atoms with Crippen LogP contribution >= 0.6 is 0 Å². The zero-order valence-electron chi connectivity index (χ0n) is 29.9. The van der Waals surface area contributed by atoms with Crippen molar-refractivity contribution in [1.29, 1.82) is 0 Å². The number of benzene rings is 8. The molecule has 252 valence electrons. The van der Waals surface area contributed by atoms with Gasteiger partial charge in [0, 0.05) is 32.9 Å². The minimum Gasteiger partial charge on any atom is -0.309 e. The molecular weight excluding hydrogens is 641 g/mol. The van der Waals surface area contributed by atoms with E-state index in [4.69, 9.17) is 0 Å². The molecule has 2 aromatic heterocycles. The Morgan fingerprint density at radius 2 is 0.679 bits per heavy atom. The molecule has 2 heteroatoms. The third kappa shape index (κ3) is 4.94. The average molecular weight is 679 g/mol. The lowest BCUT2D eigenvalue weighted by molar-refractivity contribution is 1.18. The maximum absolute atomic E-state index is 2.41. The Labute approximate surface area is 309 Å². The lowest BCUT2D eigenvalue weighted by Crippen LogP contribution is -1.93. The van der Waals surface area contributed by atoms with Gasteiger partial charge < -0.3 is 9.13 Å². The predicted molar refractivity (Wildman–Crippen MR) is 226 cm³/mol. The minimum atomic E-state index is 0.966. The van der Waals surface area contributed by atoms with Gasteiger partial charge in [0.2, 0.25) is 0 Å². The highest BCUT2D eigenvalue weighted by Crippen LogP contribution is 2.43. The van der Waals surface area contributed by atoms with E-state index in [0.29, 0.717) is 0 Å². The van der Waals surface area contributed by atoms with Crippen LogP contribution in [0.25, 0.3) is 88.4 Å². The zero-order valence-corrected chi connectivity index (χ0v) is 29.9. The standard InChI is InChI=1S/C49H32N2.C2H6/c1-3-11-38(12-4-1)50-46-17-9-7-15-40(46)42-25-23-34(30-48(42)50)32-19-21-36-27-37-22-20-33(29-45(37)44(36)28-32)35-24-26-43-41-16-8-10-18-47(41)51(49(43)31-35)39-13-5-2-6-14-39;1-2/h1-26,28-31H,27H2;1-2H3. The Kier molecular flexibility index (Phi) is 7.37. The molecule has 0 unspecified atom stereocenters. The summed E-state index contributed by atoms with van der Waals surface area (Å²) < 4.78 is 4.80. The van der Waals surface area contributed by atoms with Gasteiger partial charge in [0.15, 0.2) is 0 Å². The molecule has 10 aromatic rings. The van der Waals surface area contributed by atoms with Crippen LogP contribution < -0.4 is 0 Å². The molecule has 8 aromatic carbocycles. The van der Waals surface area contributed by atoms with E-state index >= 15 is 0 Å². The zero-order chi connectivity index (χ0) is 35.5. The topological polar surface area (TPSA) is 9.86 Å². The van der Waals surface area contributed by atoms with Gasteiger partial charge in [0.1, 0.15) is 0 Å². The molecular formula is C51H38N2. The monoisotopic (exact) mass is 678 g/mol. The molecule has 0 spiro atoms.